The van der Waals surface area contributed by atoms with Crippen LogP contribution in [0.25, 0.3) is 34.4 Å². The van der Waals surface area contributed by atoms with Crippen LogP contribution in [0.15, 0.2) is 108 Å². The Morgan fingerprint density at radius 2 is 0.951 bits per heavy atom. The number of hydrogen-bond donors (Lipinski definition) is 0. The molecule has 208 valence electrons. The summed E-state index contributed by atoms with van der Waals surface area (Å²) >= 11 is -2.68. The average Bonchev–Trinajstić information content (AvgIpc) is 3.53. The quantitative estimate of drug-likeness (QED) is 0.245. The molecule has 0 amide bonds. The number of hydrogen-bond acceptors (Lipinski definition) is 0. The molecule has 0 spiro atoms. The van der Waals surface area contributed by atoms with Gasteiger partial charge in [-0.25, -0.2) is 0 Å². The molecule has 2 atom stereocenters. The van der Waals surface area contributed by atoms with Gasteiger partial charge in [0, 0.05) is 0 Å². The Kier molecular flexibility index (Phi) is 9.30. The summed E-state index contributed by atoms with van der Waals surface area (Å²) in [6.07, 6.45) is 10.2. The predicted molar refractivity (Wildman–Crippen MR) is 165 cm³/mol. The number of halogens is 2. The van der Waals surface area contributed by atoms with E-state index in [9.17, 15) is 0 Å². The van der Waals surface area contributed by atoms with Crippen LogP contribution >= 0.6 is 0 Å². The summed E-state index contributed by atoms with van der Waals surface area (Å²) in [6.45, 7) is 4.74. The third kappa shape index (κ3) is 5.18. The van der Waals surface area contributed by atoms with Gasteiger partial charge in [0.05, 0.1) is 0 Å². The molecule has 4 aromatic rings. The summed E-state index contributed by atoms with van der Waals surface area (Å²) in [4.78, 5) is 0. The molecule has 0 radical (unpaired) electrons. The fraction of sp³-hybridized carbons (Fsp3) is 0.263. The molecule has 1 saturated heterocycles. The SMILES string of the molecule is CCCC1=Cc2c(-c3ccccc3)cccc2[CH]1[Zr+2]1([CH]2C(CCC)=Cc3c(-c4ccccc4)cccc32)[CH2][CH2]1.[Cl-].[Cl-]. The zero-order chi connectivity index (χ0) is 26.4. The Hall–Kier alpha value is -2.18. The average molecular weight is 657 g/mol. The van der Waals surface area contributed by atoms with Gasteiger partial charge in [-0.3, -0.25) is 0 Å². The second-order valence-electron chi connectivity index (χ2n) is 11.9. The molecule has 4 aromatic carbocycles. The first-order chi connectivity index (χ1) is 19.2. The molecule has 3 heteroatoms. The van der Waals surface area contributed by atoms with E-state index in [0.29, 0.717) is 0 Å². The molecule has 0 bridgehead atoms. The van der Waals surface area contributed by atoms with E-state index in [1.165, 1.54) is 67.3 Å². The molecule has 0 saturated carbocycles. The first kappa shape index (κ1) is 30.3. The molecule has 41 heavy (non-hydrogen) atoms. The fourth-order valence-corrected chi connectivity index (χ4v) is 25.5. The number of rotatable bonds is 8. The molecular formula is C38H38Cl2Zr. The molecule has 2 unspecified atom stereocenters. The number of fused-ring (bicyclic) bond motifs is 2. The molecule has 0 aromatic heterocycles. The van der Waals surface area contributed by atoms with Gasteiger partial charge in [-0.05, 0) is 0 Å². The Bertz CT molecular complexity index is 1460. The van der Waals surface area contributed by atoms with Gasteiger partial charge < -0.3 is 24.8 Å². The number of allylic oxidation sites excluding steroid dienone is 2. The summed E-state index contributed by atoms with van der Waals surface area (Å²) < 4.78 is 4.48. The van der Waals surface area contributed by atoms with Crippen molar-refractivity contribution in [2.75, 3.05) is 0 Å². The maximum absolute atomic E-state index is 2.68. The second-order valence-corrected chi connectivity index (χ2v) is 23.2. The zero-order valence-electron chi connectivity index (χ0n) is 24.0. The fourth-order valence-electron chi connectivity index (χ4n) is 7.92. The van der Waals surface area contributed by atoms with Gasteiger partial charge in [0.15, 0.2) is 0 Å². The van der Waals surface area contributed by atoms with Crippen molar-refractivity contribution >= 4 is 12.2 Å². The normalized spacial score (nSPS) is 18.5. The van der Waals surface area contributed by atoms with Crippen molar-refractivity contribution in [2.24, 2.45) is 0 Å². The summed E-state index contributed by atoms with van der Waals surface area (Å²) in [5.41, 5.74) is 15.4. The van der Waals surface area contributed by atoms with E-state index >= 15 is 0 Å². The first-order valence-electron chi connectivity index (χ1n) is 15.0. The van der Waals surface area contributed by atoms with Crippen molar-refractivity contribution in [2.45, 2.75) is 55.0 Å². The third-order valence-electron chi connectivity index (χ3n) is 9.53. The van der Waals surface area contributed by atoms with Crippen molar-refractivity contribution in [1.82, 2.24) is 0 Å². The maximum Gasteiger partial charge on any atom is -1.00 e. The van der Waals surface area contributed by atoms with Gasteiger partial charge in [0.25, 0.3) is 0 Å². The van der Waals surface area contributed by atoms with E-state index in [0.717, 1.165) is 7.25 Å². The Morgan fingerprint density at radius 1 is 0.537 bits per heavy atom. The van der Waals surface area contributed by atoms with Gasteiger partial charge in [0.1, 0.15) is 0 Å². The Balaban J connectivity index is 0.00000169. The van der Waals surface area contributed by atoms with E-state index in [2.05, 4.69) is 123 Å². The molecule has 0 N–H and O–H groups in total. The van der Waals surface area contributed by atoms with Crippen LogP contribution in [-0.4, -0.2) is 0 Å². The van der Waals surface area contributed by atoms with Gasteiger partial charge in [-0.15, -0.1) is 0 Å². The van der Waals surface area contributed by atoms with E-state index < -0.39 is 20.3 Å². The number of benzene rings is 4. The van der Waals surface area contributed by atoms with E-state index in [1.54, 1.807) is 22.3 Å². The second kappa shape index (κ2) is 12.6. The Morgan fingerprint density at radius 3 is 1.32 bits per heavy atom. The van der Waals surface area contributed by atoms with Crippen LogP contribution in [0.4, 0.5) is 0 Å². The summed E-state index contributed by atoms with van der Waals surface area (Å²) in [5, 5.41) is 0. The van der Waals surface area contributed by atoms with Crippen LogP contribution in [0.3, 0.4) is 0 Å². The monoisotopic (exact) mass is 654 g/mol. The van der Waals surface area contributed by atoms with Crippen molar-refractivity contribution in [1.29, 1.82) is 0 Å². The van der Waals surface area contributed by atoms with Crippen LogP contribution in [0.2, 0.25) is 8.26 Å². The third-order valence-corrected chi connectivity index (χ3v) is 22.6. The van der Waals surface area contributed by atoms with E-state index in [1.807, 2.05) is 0 Å². The maximum atomic E-state index is 2.64. The largest absolute Gasteiger partial charge is 1.00 e. The van der Waals surface area contributed by atoms with Gasteiger partial charge in [-0.2, -0.15) is 0 Å². The van der Waals surface area contributed by atoms with Crippen molar-refractivity contribution in [3.05, 3.63) is 130 Å². The van der Waals surface area contributed by atoms with E-state index in [-0.39, 0.29) is 24.8 Å². The molecule has 1 aliphatic heterocycles. The van der Waals surface area contributed by atoms with Crippen LogP contribution in [0, 0.1) is 0 Å². The Labute approximate surface area is 263 Å². The molecule has 3 aliphatic rings. The molecule has 1 heterocycles. The van der Waals surface area contributed by atoms with Crippen LogP contribution in [0.5, 0.6) is 0 Å². The first-order valence-corrected chi connectivity index (χ1v) is 21.3. The minimum absolute atomic E-state index is 0. The minimum atomic E-state index is -2.68. The molecule has 7 rings (SSSR count). The summed E-state index contributed by atoms with van der Waals surface area (Å²) in [5.74, 6) is 0. The van der Waals surface area contributed by atoms with E-state index in [4.69, 9.17) is 0 Å². The van der Waals surface area contributed by atoms with Gasteiger partial charge >= 0.3 is 240 Å². The summed E-state index contributed by atoms with van der Waals surface area (Å²) in [6, 6.07) is 36.5. The molecule has 1 fully saturated rings. The van der Waals surface area contributed by atoms with Gasteiger partial charge in [-0.1, -0.05) is 0 Å². The predicted octanol–water partition coefficient (Wildman–Crippen LogP) is 5.21. The smallest absolute Gasteiger partial charge is 1.00 e. The topological polar surface area (TPSA) is 0 Å². The van der Waals surface area contributed by atoms with Crippen LogP contribution in [-0.2, 0) is 20.3 Å². The van der Waals surface area contributed by atoms with Crippen molar-refractivity contribution in [3.8, 4) is 22.3 Å². The zero-order valence-corrected chi connectivity index (χ0v) is 28.0. The standard InChI is InChI=1S/2C18H17.C2H4.2ClH.Zr/c2*1-2-7-14-12-16-10-6-11-17(18(16)13-14)15-8-4-3-5-9-15;1-2;;;/h2*3-6,8-13H,2,7H2,1H3;1-2H2;2*1H;/q;;;;;+2/p-2. The van der Waals surface area contributed by atoms with Crippen molar-refractivity contribution in [3.63, 3.8) is 0 Å². The van der Waals surface area contributed by atoms with Crippen LogP contribution in [0.1, 0.15) is 69.0 Å². The summed E-state index contributed by atoms with van der Waals surface area (Å²) in [7, 11) is 0. The molecule has 0 nitrogen and oxygen atoms in total. The molecule has 2 aliphatic carbocycles. The van der Waals surface area contributed by atoms with Crippen LogP contribution < -0.4 is 24.8 Å². The molecular weight excluding hydrogens is 619 g/mol. The minimum Gasteiger partial charge on any atom is -1.00 e. The van der Waals surface area contributed by atoms with Gasteiger partial charge in [0.2, 0.25) is 0 Å². The van der Waals surface area contributed by atoms with Crippen molar-refractivity contribution < 1.29 is 45.1 Å².